The summed E-state index contributed by atoms with van der Waals surface area (Å²) < 4.78 is 4.96. The van der Waals surface area contributed by atoms with Crippen molar-refractivity contribution in [2.24, 2.45) is 0 Å². The van der Waals surface area contributed by atoms with Gasteiger partial charge in [0.1, 0.15) is 0 Å². The summed E-state index contributed by atoms with van der Waals surface area (Å²) in [6, 6.07) is 6.58. The molecule has 0 saturated carbocycles. The number of pyridine rings is 1. The second-order valence-corrected chi connectivity index (χ2v) is 5.30. The molecule has 0 aliphatic rings. The first-order valence-electron chi connectivity index (χ1n) is 6.54. The molecule has 0 radical (unpaired) electrons. The Morgan fingerprint density at radius 3 is 2.86 bits per heavy atom. The number of nitrogens with zero attached hydrogens (tertiary/aromatic N) is 1. The molecule has 1 heterocycles. The average molecular weight is 340 g/mol. The third kappa shape index (κ3) is 4.59. The van der Waals surface area contributed by atoms with Crippen molar-refractivity contribution >= 4 is 40.5 Å². The highest BCUT2D eigenvalue weighted by Crippen LogP contribution is 2.26. The van der Waals surface area contributed by atoms with E-state index in [1.165, 1.54) is 6.20 Å². The van der Waals surface area contributed by atoms with Crippen LogP contribution in [0.3, 0.4) is 0 Å². The first-order valence-corrected chi connectivity index (χ1v) is 7.30. The van der Waals surface area contributed by atoms with E-state index in [-0.39, 0.29) is 5.91 Å². The predicted octanol–water partition coefficient (Wildman–Crippen LogP) is 3.70. The summed E-state index contributed by atoms with van der Waals surface area (Å²) in [6.45, 7) is 1.19. The lowest BCUT2D eigenvalue weighted by Gasteiger charge is -2.09. The molecule has 1 aromatic heterocycles. The van der Waals surface area contributed by atoms with Crippen LogP contribution >= 0.6 is 23.2 Å². The summed E-state index contributed by atoms with van der Waals surface area (Å²) in [5, 5.41) is 6.73. The summed E-state index contributed by atoms with van der Waals surface area (Å²) in [4.78, 5) is 16.3. The van der Waals surface area contributed by atoms with Gasteiger partial charge in [-0.25, -0.2) is 0 Å². The summed E-state index contributed by atoms with van der Waals surface area (Å²) in [6.07, 6.45) is 3.12. The Morgan fingerprint density at radius 1 is 1.27 bits per heavy atom. The van der Waals surface area contributed by atoms with Crippen LogP contribution in [-0.2, 0) is 4.74 Å². The minimum atomic E-state index is -0.313. The number of nitrogens with one attached hydrogen (secondary N) is 2. The lowest BCUT2D eigenvalue weighted by Crippen LogP contribution is -2.14. The maximum atomic E-state index is 12.3. The smallest absolute Gasteiger partial charge is 0.257 e. The van der Waals surface area contributed by atoms with E-state index in [0.29, 0.717) is 34.4 Å². The third-order valence-electron chi connectivity index (χ3n) is 2.81. The molecule has 116 valence electrons. The Balaban J connectivity index is 2.09. The molecule has 1 amide bonds. The summed E-state index contributed by atoms with van der Waals surface area (Å²) in [5.74, 6) is -0.313. The van der Waals surface area contributed by atoms with Crippen molar-refractivity contribution in [1.82, 2.24) is 4.98 Å². The van der Waals surface area contributed by atoms with Crippen molar-refractivity contribution in [3.05, 3.63) is 52.3 Å². The lowest BCUT2D eigenvalue weighted by molar-refractivity contribution is 0.102. The molecule has 1 aromatic carbocycles. The van der Waals surface area contributed by atoms with Gasteiger partial charge in [0.15, 0.2) is 0 Å². The Hall–Kier alpha value is -1.82. The van der Waals surface area contributed by atoms with Crippen LogP contribution in [0.5, 0.6) is 0 Å². The number of ether oxygens (including phenoxy) is 1. The van der Waals surface area contributed by atoms with Gasteiger partial charge in [-0.1, -0.05) is 23.2 Å². The largest absolute Gasteiger partial charge is 0.383 e. The van der Waals surface area contributed by atoms with Crippen LogP contribution in [0.1, 0.15) is 10.4 Å². The second-order valence-electron chi connectivity index (χ2n) is 4.46. The second kappa shape index (κ2) is 7.98. The monoisotopic (exact) mass is 339 g/mol. The number of benzene rings is 1. The number of hydrogen-bond acceptors (Lipinski definition) is 4. The van der Waals surface area contributed by atoms with E-state index in [0.717, 1.165) is 5.69 Å². The van der Waals surface area contributed by atoms with Gasteiger partial charge in [0, 0.05) is 31.1 Å². The molecule has 0 aliphatic carbocycles. The van der Waals surface area contributed by atoms with Gasteiger partial charge in [-0.15, -0.1) is 0 Å². The fourth-order valence-corrected chi connectivity index (χ4v) is 2.08. The van der Waals surface area contributed by atoms with Crippen molar-refractivity contribution in [2.45, 2.75) is 0 Å². The van der Waals surface area contributed by atoms with E-state index in [2.05, 4.69) is 15.6 Å². The van der Waals surface area contributed by atoms with E-state index < -0.39 is 0 Å². The van der Waals surface area contributed by atoms with Crippen LogP contribution in [0.25, 0.3) is 0 Å². The SMILES string of the molecule is COCCNc1cncc(C(=O)Nc2cc(Cl)ccc2Cl)c1. The molecule has 22 heavy (non-hydrogen) atoms. The molecule has 2 rings (SSSR count). The summed E-state index contributed by atoms with van der Waals surface area (Å²) >= 11 is 11.9. The Bertz CT molecular complexity index is 665. The van der Waals surface area contributed by atoms with Crippen LogP contribution in [0.2, 0.25) is 10.0 Å². The van der Waals surface area contributed by atoms with E-state index in [4.69, 9.17) is 27.9 Å². The Labute approximate surface area is 138 Å². The Morgan fingerprint density at radius 2 is 2.09 bits per heavy atom. The van der Waals surface area contributed by atoms with Crippen LogP contribution in [0.4, 0.5) is 11.4 Å². The molecule has 0 aliphatic heterocycles. The minimum Gasteiger partial charge on any atom is -0.383 e. The van der Waals surface area contributed by atoms with Crippen LogP contribution < -0.4 is 10.6 Å². The maximum absolute atomic E-state index is 12.3. The number of aromatic nitrogens is 1. The molecule has 0 bridgehead atoms. The molecule has 0 unspecified atom stereocenters. The van der Waals surface area contributed by atoms with E-state index in [1.54, 1.807) is 37.6 Å². The van der Waals surface area contributed by atoms with Crippen LogP contribution in [0, 0.1) is 0 Å². The van der Waals surface area contributed by atoms with Gasteiger partial charge in [0.25, 0.3) is 5.91 Å². The highest BCUT2D eigenvalue weighted by atomic mass is 35.5. The quantitative estimate of drug-likeness (QED) is 0.787. The average Bonchev–Trinajstić information content (AvgIpc) is 2.51. The number of carbonyl (C=O) groups excluding carboxylic acids is 1. The highest BCUT2D eigenvalue weighted by Gasteiger charge is 2.10. The topological polar surface area (TPSA) is 63.2 Å². The van der Waals surface area contributed by atoms with Crippen LogP contribution in [-0.4, -0.2) is 31.2 Å². The van der Waals surface area contributed by atoms with E-state index in [9.17, 15) is 4.79 Å². The zero-order valence-electron chi connectivity index (χ0n) is 11.9. The maximum Gasteiger partial charge on any atom is 0.257 e. The summed E-state index contributed by atoms with van der Waals surface area (Å²) in [7, 11) is 1.62. The van der Waals surface area contributed by atoms with Crippen LogP contribution in [0.15, 0.2) is 36.7 Å². The van der Waals surface area contributed by atoms with E-state index in [1.807, 2.05) is 0 Å². The molecule has 0 spiro atoms. The Kier molecular flexibility index (Phi) is 6.00. The molecule has 5 nitrogen and oxygen atoms in total. The van der Waals surface area contributed by atoms with E-state index >= 15 is 0 Å². The number of methoxy groups -OCH3 is 1. The zero-order valence-corrected chi connectivity index (χ0v) is 13.4. The molecule has 0 atom stereocenters. The number of amides is 1. The van der Waals surface area contributed by atoms with Gasteiger partial charge < -0.3 is 15.4 Å². The van der Waals surface area contributed by atoms with Crippen molar-refractivity contribution in [2.75, 3.05) is 30.9 Å². The normalized spacial score (nSPS) is 10.3. The standard InChI is InChI=1S/C15H15Cl2N3O2/c1-22-5-4-19-12-6-10(8-18-9-12)15(21)20-14-7-11(16)2-3-13(14)17/h2-3,6-9,19H,4-5H2,1H3,(H,20,21). The van der Waals surface area contributed by atoms with Gasteiger partial charge in [0.05, 0.1) is 28.6 Å². The van der Waals surface area contributed by atoms with Gasteiger partial charge in [-0.2, -0.15) is 0 Å². The van der Waals surface area contributed by atoms with Gasteiger partial charge in [0.2, 0.25) is 0 Å². The van der Waals surface area contributed by atoms with Gasteiger partial charge in [-0.05, 0) is 24.3 Å². The first-order chi connectivity index (χ1) is 10.6. The molecule has 0 fully saturated rings. The van der Waals surface area contributed by atoms with Crippen molar-refractivity contribution in [1.29, 1.82) is 0 Å². The first kappa shape index (κ1) is 16.5. The molecule has 7 heteroatoms. The third-order valence-corrected chi connectivity index (χ3v) is 3.38. The van der Waals surface area contributed by atoms with Crippen molar-refractivity contribution in [3.8, 4) is 0 Å². The summed E-state index contributed by atoms with van der Waals surface area (Å²) in [5.41, 5.74) is 1.61. The number of halogens is 2. The fourth-order valence-electron chi connectivity index (χ4n) is 1.75. The molecule has 2 aromatic rings. The lowest BCUT2D eigenvalue weighted by atomic mass is 10.2. The van der Waals surface area contributed by atoms with Crippen molar-refractivity contribution < 1.29 is 9.53 Å². The van der Waals surface area contributed by atoms with Crippen molar-refractivity contribution in [3.63, 3.8) is 0 Å². The number of hydrogen-bond donors (Lipinski definition) is 2. The number of rotatable bonds is 6. The highest BCUT2D eigenvalue weighted by molar-refractivity contribution is 6.35. The fraction of sp³-hybridized carbons (Fsp3) is 0.200. The number of carbonyl (C=O) groups is 1. The van der Waals surface area contributed by atoms with Gasteiger partial charge in [-0.3, -0.25) is 9.78 Å². The molecular weight excluding hydrogens is 325 g/mol. The zero-order chi connectivity index (χ0) is 15.9. The molecule has 2 N–H and O–H groups in total. The van der Waals surface area contributed by atoms with Gasteiger partial charge >= 0.3 is 0 Å². The predicted molar refractivity (Wildman–Crippen MR) is 89.0 cm³/mol. The molecule has 0 saturated heterocycles. The molecular formula is C15H15Cl2N3O2. The number of anilines is 2. The minimum absolute atomic E-state index is 0.313.